The summed E-state index contributed by atoms with van der Waals surface area (Å²) in [4.78, 5) is 30.9. The van der Waals surface area contributed by atoms with Crippen LogP contribution in [0.2, 0.25) is 0 Å². The van der Waals surface area contributed by atoms with E-state index in [-0.39, 0.29) is 17.7 Å². The molecular formula is C32H32N4O2. The van der Waals surface area contributed by atoms with E-state index in [4.69, 9.17) is 0 Å². The second-order valence-electron chi connectivity index (χ2n) is 9.76. The van der Waals surface area contributed by atoms with Crippen LogP contribution >= 0.6 is 0 Å². The Balaban J connectivity index is 1.49. The van der Waals surface area contributed by atoms with Gasteiger partial charge in [-0.15, -0.1) is 0 Å². The predicted octanol–water partition coefficient (Wildman–Crippen LogP) is 4.60. The number of nitrogens with one attached hydrogen (secondary N) is 2. The van der Waals surface area contributed by atoms with Gasteiger partial charge in [-0.25, -0.2) is 4.98 Å². The maximum Gasteiger partial charge on any atom is 0.242 e. The fraction of sp³-hybridized carbons (Fsp3) is 0.219. The highest BCUT2D eigenvalue weighted by Crippen LogP contribution is 2.26. The van der Waals surface area contributed by atoms with Crippen LogP contribution in [-0.4, -0.2) is 34.5 Å². The van der Waals surface area contributed by atoms with Gasteiger partial charge in [-0.1, -0.05) is 84.9 Å². The quantitative estimate of drug-likeness (QED) is 0.308. The molecule has 4 aromatic carbocycles. The van der Waals surface area contributed by atoms with Gasteiger partial charge in [0.2, 0.25) is 11.8 Å². The Morgan fingerprint density at radius 2 is 1.32 bits per heavy atom. The zero-order chi connectivity index (χ0) is 26.5. The molecule has 0 saturated carbocycles. The SMILES string of the molecule is CNC(=O)C(Cc1cncn1C)NC(=O)C(Cc1cccc2ccccc12)Cc1cccc2ccccc12. The summed E-state index contributed by atoms with van der Waals surface area (Å²) in [6.07, 6.45) is 4.90. The minimum absolute atomic E-state index is 0.137. The average Bonchev–Trinajstić information content (AvgIpc) is 3.36. The van der Waals surface area contributed by atoms with Gasteiger partial charge in [0, 0.05) is 38.3 Å². The number of fused-ring (bicyclic) bond motifs is 2. The summed E-state index contributed by atoms with van der Waals surface area (Å²) in [7, 11) is 3.48. The van der Waals surface area contributed by atoms with E-state index in [1.54, 1.807) is 19.6 Å². The maximum absolute atomic E-state index is 14.0. The van der Waals surface area contributed by atoms with E-state index < -0.39 is 6.04 Å². The first-order valence-electron chi connectivity index (χ1n) is 12.9. The molecule has 1 heterocycles. The number of nitrogens with zero attached hydrogens (tertiary/aromatic N) is 2. The molecule has 192 valence electrons. The molecule has 5 aromatic rings. The van der Waals surface area contributed by atoms with Crippen LogP contribution in [0.4, 0.5) is 0 Å². The van der Waals surface area contributed by atoms with Crippen LogP contribution in [0.5, 0.6) is 0 Å². The third-order valence-corrected chi connectivity index (χ3v) is 7.27. The number of aromatic nitrogens is 2. The molecule has 5 rings (SSSR count). The summed E-state index contributed by atoms with van der Waals surface area (Å²) in [5.41, 5.74) is 3.11. The van der Waals surface area contributed by atoms with E-state index in [0.29, 0.717) is 19.3 Å². The number of aryl methyl sites for hydroxylation is 1. The highest BCUT2D eigenvalue weighted by molar-refractivity contribution is 5.91. The number of carbonyl (C=O) groups is 2. The smallest absolute Gasteiger partial charge is 0.242 e. The van der Waals surface area contributed by atoms with Gasteiger partial charge in [0.05, 0.1) is 6.33 Å². The van der Waals surface area contributed by atoms with Crippen molar-refractivity contribution >= 4 is 33.4 Å². The van der Waals surface area contributed by atoms with Crippen LogP contribution < -0.4 is 10.6 Å². The van der Waals surface area contributed by atoms with Crippen LogP contribution in [-0.2, 0) is 35.9 Å². The minimum Gasteiger partial charge on any atom is -0.357 e. The third kappa shape index (κ3) is 5.44. The van der Waals surface area contributed by atoms with E-state index in [1.165, 1.54) is 0 Å². The number of imidazole rings is 1. The van der Waals surface area contributed by atoms with E-state index in [0.717, 1.165) is 38.4 Å². The summed E-state index contributed by atoms with van der Waals surface area (Å²) in [6, 6.07) is 28.3. The second-order valence-corrected chi connectivity index (χ2v) is 9.76. The molecule has 2 N–H and O–H groups in total. The average molecular weight is 505 g/mol. The van der Waals surface area contributed by atoms with Gasteiger partial charge in [-0.2, -0.15) is 0 Å². The van der Waals surface area contributed by atoms with E-state index in [1.807, 2.05) is 48.0 Å². The molecular weight excluding hydrogens is 472 g/mol. The van der Waals surface area contributed by atoms with Gasteiger partial charge in [0.1, 0.15) is 6.04 Å². The third-order valence-electron chi connectivity index (χ3n) is 7.27. The molecule has 6 nitrogen and oxygen atoms in total. The maximum atomic E-state index is 14.0. The molecule has 2 amide bonds. The summed E-state index contributed by atoms with van der Waals surface area (Å²) >= 11 is 0. The first-order valence-corrected chi connectivity index (χ1v) is 12.9. The minimum atomic E-state index is -0.703. The van der Waals surface area contributed by atoms with Gasteiger partial charge in [0.15, 0.2) is 0 Å². The fourth-order valence-corrected chi connectivity index (χ4v) is 5.19. The molecule has 0 fully saturated rings. The van der Waals surface area contributed by atoms with Gasteiger partial charge in [-0.05, 0) is 45.5 Å². The Hall–Kier alpha value is -4.45. The van der Waals surface area contributed by atoms with E-state index in [2.05, 4.69) is 64.1 Å². The van der Waals surface area contributed by atoms with Crippen molar-refractivity contribution < 1.29 is 9.59 Å². The molecule has 1 unspecified atom stereocenters. The predicted molar refractivity (Wildman–Crippen MR) is 152 cm³/mol. The lowest BCUT2D eigenvalue weighted by molar-refractivity contribution is -0.130. The van der Waals surface area contributed by atoms with Crippen LogP contribution in [0.3, 0.4) is 0 Å². The number of hydrogen-bond donors (Lipinski definition) is 2. The molecule has 0 bridgehead atoms. The van der Waals surface area contributed by atoms with Gasteiger partial charge in [0.25, 0.3) is 0 Å². The highest BCUT2D eigenvalue weighted by atomic mass is 16.2. The van der Waals surface area contributed by atoms with Crippen molar-refractivity contribution in [2.24, 2.45) is 13.0 Å². The number of hydrogen-bond acceptors (Lipinski definition) is 3. The van der Waals surface area contributed by atoms with Gasteiger partial charge < -0.3 is 15.2 Å². The van der Waals surface area contributed by atoms with Crippen molar-refractivity contribution in [2.75, 3.05) is 7.05 Å². The van der Waals surface area contributed by atoms with Crippen molar-refractivity contribution in [3.63, 3.8) is 0 Å². The summed E-state index contributed by atoms with van der Waals surface area (Å²) in [6.45, 7) is 0. The molecule has 1 atom stereocenters. The number of amides is 2. The topological polar surface area (TPSA) is 76.0 Å². The Kier molecular flexibility index (Phi) is 7.50. The highest BCUT2D eigenvalue weighted by Gasteiger charge is 2.27. The lowest BCUT2D eigenvalue weighted by Gasteiger charge is -2.23. The Labute approximate surface area is 222 Å². The first-order chi connectivity index (χ1) is 18.5. The number of benzene rings is 4. The van der Waals surface area contributed by atoms with Gasteiger partial charge >= 0.3 is 0 Å². The zero-order valence-corrected chi connectivity index (χ0v) is 21.7. The molecule has 1 aromatic heterocycles. The standard InChI is InChI=1S/C32H32N4O2/c1-33-32(38)30(19-27-20-34-21-36(27)2)35-31(37)26(17-24-13-7-11-22-9-3-5-15-28(22)24)18-25-14-8-12-23-10-4-6-16-29(23)25/h3-16,20-21,26,30H,17-19H2,1-2H3,(H,33,38)(H,35,37). The Morgan fingerprint density at radius 3 is 1.84 bits per heavy atom. The summed E-state index contributed by atoms with van der Waals surface area (Å²) < 4.78 is 1.87. The normalized spacial score (nSPS) is 12.1. The van der Waals surface area contributed by atoms with E-state index >= 15 is 0 Å². The van der Waals surface area contributed by atoms with Crippen LogP contribution in [0.1, 0.15) is 16.8 Å². The summed E-state index contributed by atoms with van der Waals surface area (Å²) in [5.74, 6) is -0.736. The number of carbonyl (C=O) groups excluding carboxylic acids is 2. The van der Waals surface area contributed by atoms with Crippen molar-refractivity contribution in [3.8, 4) is 0 Å². The Morgan fingerprint density at radius 1 is 0.763 bits per heavy atom. The lowest BCUT2D eigenvalue weighted by Crippen LogP contribution is -2.49. The molecule has 0 saturated heterocycles. The van der Waals surface area contributed by atoms with E-state index in [9.17, 15) is 9.59 Å². The molecule has 0 radical (unpaired) electrons. The van der Waals surface area contributed by atoms with Crippen LogP contribution in [0.25, 0.3) is 21.5 Å². The van der Waals surface area contributed by atoms with Crippen LogP contribution in [0, 0.1) is 5.92 Å². The van der Waals surface area contributed by atoms with Crippen LogP contribution in [0.15, 0.2) is 97.5 Å². The monoisotopic (exact) mass is 504 g/mol. The molecule has 0 aliphatic carbocycles. The van der Waals surface area contributed by atoms with Gasteiger partial charge in [-0.3, -0.25) is 9.59 Å². The Bertz CT molecular complexity index is 1500. The molecule has 0 spiro atoms. The molecule has 0 aliphatic heterocycles. The van der Waals surface area contributed by atoms with Crippen molar-refractivity contribution in [3.05, 3.63) is 114 Å². The van der Waals surface area contributed by atoms with Crippen molar-refractivity contribution in [1.82, 2.24) is 20.2 Å². The zero-order valence-electron chi connectivity index (χ0n) is 21.7. The van der Waals surface area contributed by atoms with Crippen molar-refractivity contribution in [1.29, 1.82) is 0 Å². The molecule has 38 heavy (non-hydrogen) atoms. The number of likely N-dealkylation sites (N-methyl/N-ethyl adjacent to an activating group) is 1. The van der Waals surface area contributed by atoms with Crippen molar-refractivity contribution in [2.45, 2.75) is 25.3 Å². The largest absolute Gasteiger partial charge is 0.357 e. The molecule has 0 aliphatic rings. The molecule has 6 heteroatoms. The fourth-order valence-electron chi connectivity index (χ4n) is 5.19. The lowest BCUT2D eigenvalue weighted by atomic mass is 9.87. The second kappa shape index (κ2) is 11.3. The first kappa shape index (κ1) is 25.2. The number of rotatable bonds is 9. The summed E-state index contributed by atoms with van der Waals surface area (Å²) in [5, 5.41) is 10.4.